The van der Waals surface area contributed by atoms with Crippen molar-refractivity contribution in [2.24, 2.45) is 5.73 Å². The fraction of sp³-hybridized carbons (Fsp3) is 0.833. The van der Waals surface area contributed by atoms with Crippen molar-refractivity contribution in [1.82, 2.24) is 4.90 Å². The summed E-state index contributed by atoms with van der Waals surface area (Å²) in [6.07, 6.45) is -0.404. The highest BCUT2D eigenvalue weighted by atomic mass is 35.5. The summed E-state index contributed by atoms with van der Waals surface area (Å²) in [6.45, 7) is 2.10. The van der Waals surface area contributed by atoms with Crippen LogP contribution in [0, 0.1) is 0 Å². The molecule has 1 fully saturated rings. The molecule has 0 spiro atoms. The smallest absolute Gasteiger partial charge is 0.247 e. The van der Waals surface area contributed by atoms with Gasteiger partial charge >= 0.3 is 0 Å². The molecule has 1 unspecified atom stereocenters. The normalized spacial score (nSPS) is 25.7. The number of rotatable bonds is 1. The molecule has 5 heteroatoms. The van der Waals surface area contributed by atoms with Gasteiger partial charge in [0.15, 0.2) is 0 Å². The van der Waals surface area contributed by atoms with E-state index in [4.69, 9.17) is 10.5 Å². The molecule has 0 saturated carbocycles. The van der Waals surface area contributed by atoms with Crippen molar-refractivity contribution < 1.29 is 9.53 Å². The molecule has 1 atom stereocenters. The molecule has 0 aromatic rings. The van der Waals surface area contributed by atoms with E-state index in [1.807, 2.05) is 11.9 Å². The van der Waals surface area contributed by atoms with Gasteiger partial charge < -0.3 is 15.4 Å². The topological polar surface area (TPSA) is 55.6 Å². The predicted octanol–water partition coefficient (Wildman–Crippen LogP) is -0.776. The molecule has 2 N–H and O–H groups in total. The Morgan fingerprint density at radius 3 is 2.73 bits per heavy atom. The summed E-state index contributed by atoms with van der Waals surface area (Å²) in [5, 5.41) is 0. The number of ether oxygens (including phenoxy) is 1. The number of nitrogens with two attached hydrogens (primary N) is 1. The average molecular weight is 181 g/mol. The van der Waals surface area contributed by atoms with Crippen LogP contribution in [0.3, 0.4) is 0 Å². The second-order valence-corrected chi connectivity index (χ2v) is 2.52. The van der Waals surface area contributed by atoms with Crippen LogP contribution in [-0.2, 0) is 9.53 Å². The van der Waals surface area contributed by atoms with Crippen LogP contribution in [0.4, 0.5) is 0 Å². The maximum atomic E-state index is 10.6. The maximum Gasteiger partial charge on any atom is 0.247 e. The van der Waals surface area contributed by atoms with Crippen LogP contribution < -0.4 is 5.73 Å². The lowest BCUT2D eigenvalue weighted by Crippen LogP contribution is -2.46. The number of morpholine rings is 1. The van der Waals surface area contributed by atoms with Crippen molar-refractivity contribution in [3.63, 3.8) is 0 Å². The van der Waals surface area contributed by atoms with Crippen molar-refractivity contribution in [3.05, 3.63) is 0 Å². The van der Waals surface area contributed by atoms with Gasteiger partial charge in [-0.2, -0.15) is 0 Å². The lowest BCUT2D eigenvalue weighted by atomic mass is 10.3. The molecule has 0 radical (unpaired) electrons. The molecule has 1 rings (SSSR count). The van der Waals surface area contributed by atoms with Gasteiger partial charge in [0.1, 0.15) is 6.10 Å². The Labute approximate surface area is 72.1 Å². The van der Waals surface area contributed by atoms with Crippen molar-refractivity contribution in [2.45, 2.75) is 6.10 Å². The number of halogens is 1. The molecule has 0 aliphatic carbocycles. The van der Waals surface area contributed by atoms with Crippen molar-refractivity contribution in [1.29, 1.82) is 0 Å². The summed E-state index contributed by atoms with van der Waals surface area (Å²) < 4.78 is 5.09. The van der Waals surface area contributed by atoms with Crippen LogP contribution in [0.25, 0.3) is 0 Å². The van der Waals surface area contributed by atoms with Gasteiger partial charge in [0.2, 0.25) is 5.91 Å². The number of nitrogens with zero attached hydrogens (tertiary/aromatic N) is 1. The lowest BCUT2D eigenvalue weighted by molar-refractivity contribution is -0.134. The minimum atomic E-state index is -0.404. The van der Waals surface area contributed by atoms with E-state index in [1.165, 1.54) is 0 Å². The van der Waals surface area contributed by atoms with Gasteiger partial charge in [-0.25, -0.2) is 0 Å². The first-order chi connectivity index (χ1) is 4.70. The monoisotopic (exact) mass is 180 g/mol. The van der Waals surface area contributed by atoms with Crippen LogP contribution in [0.2, 0.25) is 0 Å². The van der Waals surface area contributed by atoms with E-state index >= 15 is 0 Å². The fourth-order valence-corrected chi connectivity index (χ4v) is 0.950. The second kappa shape index (κ2) is 4.54. The molecule has 66 valence electrons. The van der Waals surface area contributed by atoms with Crippen molar-refractivity contribution in [3.8, 4) is 0 Å². The molecule has 1 saturated heterocycles. The Morgan fingerprint density at radius 2 is 2.36 bits per heavy atom. The first-order valence-electron chi connectivity index (χ1n) is 3.29. The highest BCUT2D eigenvalue weighted by molar-refractivity contribution is 5.85. The van der Waals surface area contributed by atoms with E-state index in [9.17, 15) is 4.79 Å². The molecule has 11 heavy (non-hydrogen) atoms. The van der Waals surface area contributed by atoms with Crippen molar-refractivity contribution >= 4 is 18.3 Å². The first-order valence-corrected chi connectivity index (χ1v) is 3.29. The summed E-state index contributed by atoms with van der Waals surface area (Å²) in [5.74, 6) is -0.369. The number of likely N-dealkylation sites (N-methyl/N-ethyl adjacent to an activating group) is 1. The molecular formula is C6H13ClN2O2. The third-order valence-corrected chi connectivity index (χ3v) is 1.59. The third-order valence-electron chi connectivity index (χ3n) is 1.59. The molecule has 0 aromatic heterocycles. The summed E-state index contributed by atoms with van der Waals surface area (Å²) in [5.41, 5.74) is 5.04. The Morgan fingerprint density at radius 1 is 1.73 bits per heavy atom. The zero-order valence-corrected chi connectivity index (χ0v) is 7.26. The Balaban J connectivity index is 0.000001000. The summed E-state index contributed by atoms with van der Waals surface area (Å²) in [7, 11) is 1.94. The molecule has 1 amide bonds. The molecule has 4 nitrogen and oxygen atoms in total. The largest absolute Gasteiger partial charge is 0.367 e. The number of primary amides is 1. The van der Waals surface area contributed by atoms with Gasteiger partial charge in [-0.05, 0) is 7.05 Å². The number of carbonyl (C=O) groups is 1. The molecule has 1 aliphatic rings. The molecule has 0 aromatic carbocycles. The molecule has 1 heterocycles. The van der Waals surface area contributed by atoms with E-state index < -0.39 is 6.10 Å². The fourth-order valence-electron chi connectivity index (χ4n) is 0.950. The zero-order chi connectivity index (χ0) is 7.56. The standard InChI is InChI=1S/C6H12N2O2.ClH/c1-8-2-3-10-5(4-8)6(7)9;/h5H,2-4H2,1H3,(H2,7,9);1H. The van der Waals surface area contributed by atoms with Crippen LogP contribution >= 0.6 is 12.4 Å². The van der Waals surface area contributed by atoms with E-state index in [1.54, 1.807) is 0 Å². The number of hydrogen-bond acceptors (Lipinski definition) is 3. The van der Waals surface area contributed by atoms with Gasteiger partial charge in [-0.1, -0.05) is 0 Å². The number of hydrogen-bond donors (Lipinski definition) is 1. The lowest BCUT2D eigenvalue weighted by Gasteiger charge is -2.27. The maximum absolute atomic E-state index is 10.6. The average Bonchev–Trinajstić information content (AvgIpc) is 1.88. The second-order valence-electron chi connectivity index (χ2n) is 2.52. The third kappa shape index (κ3) is 3.05. The number of amides is 1. The Kier molecular flexibility index (Phi) is 4.40. The van der Waals surface area contributed by atoms with Crippen LogP contribution in [0.1, 0.15) is 0 Å². The van der Waals surface area contributed by atoms with Gasteiger partial charge in [0.25, 0.3) is 0 Å². The summed E-state index contributed by atoms with van der Waals surface area (Å²) in [6, 6.07) is 0. The van der Waals surface area contributed by atoms with E-state index in [0.29, 0.717) is 13.2 Å². The zero-order valence-electron chi connectivity index (χ0n) is 6.45. The van der Waals surface area contributed by atoms with Crippen LogP contribution in [0.5, 0.6) is 0 Å². The molecular weight excluding hydrogens is 168 g/mol. The Bertz CT molecular complexity index is 143. The predicted molar refractivity (Wildman–Crippen MR) is 43.7 cm³/mol. The van der Waals surface area contributed by atoms with E-state index in [-0.39, 0.29) is 18.3 Å². The first kappa shape index (κ1) is 10.7. The highest BCUT2D eigenvalue weighted by Crippen LogP contribution is 2.00. The van der Waals surface area contributed by atoms with Gasteiger partial charge in [0.05, 0.1) is 6.61 Å². The van der Waals surface area contributed by atoms with Crippen LogP contribution in [-0.4, -0.2) is 43.7 Å². The van der Waals surface area contributed by atoms with Crippen molar-refractivity contribution in [2.75, 3.05) is 26.7 Å². The summed E-state index contributed by atoms with van der Waals surface area (Å²) in [4.78, 5) is 12.6. The number of carbonyl (C=O) groups excluding carboxylic acids is 1. The van der Waals surface area contributed by atoms with E-state index in [0.717, 1.165) is 6.54 Å². The van der Waals surface area contributed by atoms with Gasteiger partial charge in [0, 0.05) is 13.1 Å². The Hall–Kier alpha value is -0.320. The van der Waals surface area contributed by atoms with E-state index in [2.05, 4.69) is 0 Å². The molecule has 1 aliphatic heterocycles. The quantitative estimate of drug-likeness (QED) is 0.576. The summed E-state index contributed by atoms with van der Waals surface area (Å²) >= 11 is 0. The van der Waals surface area contributed by atoms with Crippen LogP contribution in [0.15, 0.2) is 0 Å². The van der Waals surface area contributed by atoms with Gasteiger partial charge in [-0.3, -0.25) is 4.79 Å². The minimum Gasteiger partial charge on any atom is -0.367 e. The van der Waals surface area contributed by atoms with Gasteiger partial charge in [-0.15, -0.1) is 12.4 Å². The molecule has 0 bridgehead atoms. The highest BCUT2D eigenvalue weighted by Gasteiger charge is 2.21. The minimum absolute atomic E-state index is 0. The SMILES string of the molecule is CN1CCOC(C(N)=O)C1.Cl.